The molecule has 1 atom stereocenters. The van der Waals surface area contributed by atoms with E-state index in [1.54, 1.807) is 16.9 Å². The first-order valence-corrected chi connectivity index (χ1v) is 7.41. The lowest BCUT2D eigenvalue weighted by molar-refractivity contribution is -0.140. The maximum atomic E-state index is 13.2. The van der Waals surface area contributed by atoms with Crippen molar-refractivity contribution in [1.29, 1.82) is 0 Å². The van der Waals surface area contributed by atoms with Crippen molar-refractivity contribution in [3.63, 3.8) is 0 Å². The number of benzene rings is 1. The minimum Gasteiger partial charge on any atom is -0.371 e. The zero-order chi connectivity index (χ0) is 16.4. The minimum absolute atomic E-state index is 0.205. The molecule has 23 heavy (non-hydrogen) atoms. The third-order valence-corrected chi connectivity index (χ3v) is 3.93. The number of aromatic nitrogens is 2. The second kappa shape index (κ2) is 6.33. The summed E-state index contributed by atoms with van der Waals surface area (Å²) >= 11 is 0. The molecule has 2 aromatic rings. The number of alkyl halides is 3. The Morgan fingerprint density at radius 1 is 1.30 bits per heavy atom. The van der Waals surface area contributed by atoms with Gasteiger partial charge in [0.2, 0.25) is 0 Å². The summed E-state index contributed by atoms with van der Waals surface area (Å²) < 4.78 is 46.8. The van der Waals surface area contributed by atoms with Crippen molar-refractivity contribution < 1.29 is 17.9 Å². The third-order valence-electron chi connectivity index (χ3n) is 3.93. The molecule has 1 unspecified atom stereocenters. The number of ether oxygens (including phenoxy) is 1. The largest absolute Gasteiger partial charge is 0.416 e. The molecule has 1 fully saturated rings. The Hall–Kier alpha value is -1.86. The molecule has 2 heterocycles. The van der Waals surface area contributed by atoms with Crippen molar-refractivity contribution in [3.05, 3.63) is 53.3 Å². The summed E-state index contributed by atoms with van der Waals surface area (Å²) in [6.07, 6.45) is -1.26. The number of hydrogen-bond donors (Lipinski definition) is 0. The SMILES string of the molecule is Cn1cc(CN2CCOC(c3ccccc3C(F)(F)F)C2)cn1. The normalized spacial score (nSPS) is 19.9. The Labute approximate surface area is 132 Å². The molecule has 0 saturated carbocycles. The molecule has 0 spiro atoms. The van der Waals surface area contributed by atoms with Crippen molar-refractivity contribution in [2.45, 2.75) is 18.8 Å². The molecule has 1 saturated heterocycles. The lowest BCUT2D eigenvalue weighted by atomic mass is 10.0. The van der Waals surface area contributed by atoms with Gasteiger partial charge in [0, 0.05) is 38.4 Å². The van der Waals surface area contributed by atoms with Crippen LogP contribution in [0.3, 0.4) is 0 Å². The summed E-state index contributed by atoms with van der Waals surface area (Å²) in [6, 6.07) is 5.64. The predicted octanol–water partition coefficient (Wildman–Crippen LogP) is 3.01. The molecule has 0 amide bonds. The lowest BCUT2D eigenvalue weighted by Gasteiger charge is -2.33. The highest BCUT2D eigenvalue weighted by Crippen LogP contribution is 2.36. The fourth-order valence-electron chi connectivity index (χ4n) is 2.88. The van der Waals surface area contributed by atoms with Crippen LogP contribution in [-0.4, -0.2) is 34.4 Å². The molecule has 1 aliphatic rings. The number of halogens is 3. The van der Waals surface area contributed by atoms with Crippen LogP contribution in [0.25, 0.3) is 0 Å². The maximum absolute atomic E-state index is 13.2. The number of nitrogens with zero attached hydrogens (tertiary/aromatic N) is 3. The molecule has 1 aliphatic heterocycles. The Morgan fingerprint density at radius 2 is 2.09 bits per heavy atom. The van der Waals surface area contributed by atoms with Crippen LogP contribution in [0.15, 0.2) is 36.7 Å². The van der Waals surface area contributed by atoms with Gasteiger partial charge in [-0.15, -0.1) is 0 Å². The zero-order valence-electron chi connectivity index (χ0n) is 12.8. The molecule has 0 N–H and O–H groups in total. The lowest BCUT2D eigenvalue weighted by Crippen LogP contribution is -2.38. The van der Waals surface area contributed by atoms with Crippen LogP contribution in [0, 0.1) is 0 Å². The van der Waals surface area contributed by atoms with Crippen molar-refractivity contribution in [2.75, 3.05) is 19.7 Å². The van der Waals surface area contributed by atoms with Crippen molar-refractivity contribution in [2.24, 2.45) is 7.05 Å². The molecule has 3 rings (SSSR count). The van der Waals surface area contributed by atoms with Crippen LogP contribution >= 0.6 is 0 Å². The smallest absolute Gasteiger partial charge is 0.371 e. The molecule has 7 heteroatoms. The molecule has 4 nitrogen and oxygen atoms in total. The Balaban J connectivity index is 1.76. The van der Waals surface area contributed by atoms with E-state index in [4.69, 9.17) is 4.74 Å². The summed E-state index contributed by atoms with van der Waals surface area (Å²) in [6.45, 7) is 2.20. The standard InChI is InChI=1S/C16H18F3N3O/c1-21-9-12(8-20-21)10-22-6-7-23-15(11-22)13-4-2-3-5-14(13)16(17,18)19/h2-5,8-9,15H,6-7,10-11H2,1H3. The monoisotopic (exact) mass is 325 g/mol. The topological polar surface area (TPSA) is 30.3 Å². The first-order chi connectivity index (χ1) is 10.9. The number of aryl methyl sites for hydroxylation is 1. The van der Waals surface area contributed by atoms with Gasteiger partial charge in [0.15, 0.2) is 0 Å². The summed E-state index contributed by atoms with van der Waals surface area (Å²) in [5.41, 5.74) is 0.626. The van der Waals surface area contributed by atoms with Gasteiger partial charge in [-0.1, -0.05) is 18.2 Å². The maximum Gasteiger partial charge on any atom is 0.416 e. The second-order valence-corrected chi connectivity index (χ2v) is 5.70. The first-order valence-electron chi connectivity index (χ1n) is 7.41. The molecule has 0 bridgehead atoms. The summed E-state index contributed by atoms with van der Waals surface area (Å²) in [4.78, 5) is 2.10. The van der Waals surface area contributed by atoms with E-state index in [-0.39, 0.29) is 5.56 Å². The van der Waals surface area contributed by atoms with Gasteiger partial charge >= 0.3 is 6.18 Å². The van der Waals surface area contributed by atoms with Crippen molar-refractivity contribution in [1.82, 2.24) is 14.7 Å². The highest BCUT2D eigenvalue weighted by atomic mass is 19.4. The molecule has 0 aliphatic carbocycles. The van der Waals surface area contributed by atoms with Crippen LogP contribution in [0.1, 0.15) is 22.8 Å². The molecular weight excluding hydrogens is 307 g/mol. The van der Waals surface area contributed by atoms with E-state index in [9.17, 15) is 13.2 Å². The van der Waals surface area contributed by atoms with Gasteiger partial charge in [0.1, 0.15) is 0 Å². The van der Waals surface area contributed by atoms with E-state index < -0.39 is 17.8 Å². The van der Waals surface area contributed by atoms with Gasteiger partial charge in [-0.25, -0.2) is 0 Å². The molecule has 1 aromatic heterocycles. The van der Waals surface area contributed by atoms with E-state index >= 15 is 0 Å². The van der Waals surface area contributed by atoms with Crippen LogP contribution in [0.5, 0.6) is 0 Å². The van der Waals surface area contributed by atoms with Gasteiger partial charge in [-0.3, -0.25) is 9.58 Å². The number of rotatable bonds is 3. The van der Waals surface area contributed by atoms with E-state index in [2.05, 4.69) is 10.00 Å². The Morgan fingerprint density at radius 3 is 2.78 bits per heavy atom. The molecule has 124 valence electrons. The van der Waals surface area contributed by atoms with Gasteiger partial charge in [0.05, 0.1) is 24.5 Å². The van der Waals surface area contributed by atoms with Crippen molar-refractivity contribution >= 4 is 0 Å². The average molecular weight is 325 g/mol. The van der Waals surface area contributed by atoms with E-state index in [1.807, 2.05) is 13.2 Å². The van der Waals surface area contributed by atoms with Crippen LogP contribution in [0.2, 0.25) is 0 Å². The van der Waals surface area contributed by atoms with E-state index in [1.165, 1.54) is 12.1 Å². The highest BCUT2D eigenvalue weighted by molar-refractivity contribution is 5.32. The fraction of sp³-hybridized carbons (Fsp3) is 0.438. The average Bonchev–Trinajstić information content (AvgIpc) is 2.92. The summed E-state index contributed by atoms with van der Waals surface area (Å²) in [5.74, 6) is 0. The zero-order valence-corrected chi connectivity index (χ0v) is 12.8. The van der Waals surface area contributed by atoms with Gasteiger partial charge in [-0.05, 0) is 11.6 Å². The van der Waals surface area contributed by atoms with Gasteiger partial charge in [-0.2, -0.15) is 18.3 Å². The Bertz CT molecular complexity index is 669. The molecular formula is C16H18F3N3O. The predicted molar refractivity (Wildman–Crippen MR) is 78.6 cm³/mol. The summed E-state index contributed by atoms with van der Waals surface area (Å²) in [5, 5.41) is 4.12. The summed E-state index contributed by atoms with van der Waals surface area (Å²) in [7, 11) is 1.84. The Kier molecular flexibility index (Phi) is 4.41. The highest BCUT2D eigenvalue weighted by Gasteiger charge is 2.36. The van der Waals surface area contributed by atoms with E-state index in [0.717, 1.165) is 11.6 Å². The quantitative estimate of drug-likeness (QED) is 0.869. The van der Waals surface area contributed by atoms with Crippen LogP contribution in [-0.2, 0) is 24.5 Å². The van der Waals surface area contributed by atoms with Gasteiger partial charge < -0.3 is 4.74 Å². The number of hydrogen-bond acceptors (Lipinski definition) is 3. The molecule has 1 aromatic carbocycles. The fourth-order valence-corrected chi connectivity index (χ4v) is 2.88. The van der Waals surface area contributed by atoms with Gasteiger partial charge in [0.25, 0.3) is 0 Å². The minimum atomic E-state index is -4.37. The first kappa shape index (κ1) is 16.0. The number of morpholine rings is 1. The van der Waals surface area contributed by atoms with E-state index in [0.29, 0.717) is 26.2 Å². The van der Waals surface area contributed by atoms with Crippen LogP contribution < -0.4 is 0 Å². The van der Waals surface area contributed by atoms with Crippen LogP contribution in [0.4, 0.5) is 13.2 Å². The van der Waals surface area contributed by atoms with Crippen molar-refractivity contribution in [3.8, 4) is 0 Å². The third kappa shape index (κ3) is 3.73. The molecule has 0 radical (unpaired) electrons. The second-order valence-electron chi connectivity index (χ2n) is 5.70.